The molecule has 0 radical (unpaired) electrons. The molecule has 1 atom stereocenters. The van der Waals surface area contributed by atoms with Crippen LogP contribution in [0.1, 0.15) is 37.3 Å². The normalized spacial score (nSPS) is 16.5. The largest absolute Gasteiger partial charge is 0.372 e. The fourth-order valence-corrected chi connectivity index (χ4v) is 2.51. The van der Waals surface area contributed by atoms with Gasteiger partial charge in [0.2, 0.25) is 0 Å². The van der Waals surface area contributed by atoms with Crippen molar-refractivity contribution in [3.05, 3.63) is 29.3 Å². The van der Waals surface area contributed by atoms with E-state index >= 15 is 0 Å². The average Bonchev–Trinajstić information content (AvgIpc) is 2.85. The number of nitrogens with zero attached hydrogens (tertiary/aromatic N) is 1. The van der Waals surface area contributed by atoms with Crippen molar-refractivity contribution in [1.82, 2.24) is 0 Å². The van der Waals surface area contributed by atoms with Gasteiger partial charge in [-0.15, -0.1) is 12.4 Å². The van der Waals surface area contributed by atoms with Crippen molar-refractivity contribution in [3.63, 3.8) is 0 Å². The second-order valence-electron chi connectivity index (χ2n) is 5.18. The average molecular weight is 269 g/mol. The second kappa shape index (κ2) is 7.01. The summed E-state index contributed by atoms with van der Waals surface area (Å²) in [7, 11) is 0. The van der Waals surface area contributed by atoms with E-state index in [0.29, 0.717) is 6.04 Å². The molecule has 2 rings (SSSR count). The van der Waals surface area contributed by atoms with Gasteiger partial charge < -0.3 is 10.6 Å². The van der Waals surface area contributed by atoms with E-state index in [9.17, 15) is 0 Å². The molecule has 0 amide bonds. The first kappa shape index (κ1) is 15.3. The highest BCUT2D eigenvalue weighted by atomic mass is 35.5. The highest BCUT2D eigenvalue weighted by Crippen LogP contribution is 2.23. The van der Waals surface area contributed by atoms with Gasteiger partial charge in [0.1, 0.15) is 0 Å². The molecule has 1 unspecified atom stereocenters. The Morgan fingerprint density at radius 2 is 1.94 bits per heavy atom. The summed E-state index contributed by atoms with van der Waals surface area (Å²) in [6, 6.07) is 7.14. The summed E-state index contributed by atoms with van der Waals surface area (Å²) < 4.78 is 0. The van der Waals surface area contributed by atoms with Gasteiger partial charge in [0.15, 0.2) is 0 Å². The first-order valence-corrected chi connectivity index (χ1v) is 6.80. The summed E-state index contributed by atoms with van der Waals surface area (Å²) >= 11 is 0. The van der Waals surface area contributed by atoms with Gasteiger partial charge in [0.05, 0.1) is 0 Å². The first-order valence-electron chi connectivity index (χ1n) is 6.80. The van der Waals surface area contributed by atoms with Crippen molar-refractivity contribution in [1.29, 1.82) is 0 Å². The molecule has 0 bridgehead atoms. The predicted molar refractivity (Wildman–Crippen MR) is 81.8 cm³/mol. The van der Waals surface area contributed by atoms with Crippen LogP contribution in [0.15, 0.2) is 18.2 Å². The Bertz CT molecular complexity index is 373. The van der Waals surface area contributed by atoms with Crippen LogP contribution in [0.5, 0.6) is 0 Å². The van der Waals surface area contributed by atoms with Gasteiger partial charge in [-0.05, 0) is 55.9 Å². The van der Waals surface area contributed by atoms with Crippen LogP contribution in [0.4, 0.5) is 5.69 Å². The Kier molecular flexibility index (Phi) is 5.97. The van der Waals surface area contributed by atoms with Crippen LogP contribution in [0.25, 0.3) is 0 Å². The molecule has 1 aliphatic rings. The third-order valence-electron chi connectivity index (χ3n) is 3.80. The number of rotatable bonds is 4. The Hall–Kier alpha value is -0.730. The minimum Gasteiger partial charge on any atom is -0.372 e. The molecule has 1 saturated heterocycles. The molecule has 0 saturated carbocycles. The molecule has 0 aromatic heterocycles. The smallest absolute Gasteiger partial charge is 0.0369 e. The van der Waals surface area contributed by atoms with E-state index in [4.69, 9.17) is 5.73 Å². The standard InChI is InChI=1S/C15H24N2.ClH/c1-3-14(16)11-13-6-7-15(10-12(13)2)17-8-4-5-9-17;/h6-7,10,14H,3-5,8-9,11,16H2,1-2H3;1H. The van der Waals surface area contributed by atoms with Crippen LogP contribution in [-0.4, -0.2) is 19.1 Å². The number of nitrogens with two attached hydrogens (primary N) is 1. The minimum absolute atomic E-state index is 0. The molecule has 18 heavy (non-hydrogen) atoms. The predicted octanol–water partition coefficient (Wildman–Crippen LogP) is 3.30. The fraction of sp³-hybridized carbons (Fsp3) is 0.600. The summed E-state index contributed by atoms with van der Waals surface area (Å²) in [5, 5.41) is 0. The van der Waals surface area contributed by atoms with Crippen molar-refractivity contribution < 1.29 is 0 Å². The van der Waals surface area contributed by atoms with Crippen molar-refractivity contribution in [3.8, 4) is 0 Å². The topological polar surface area (TPSA) is 29.3 Å². The lowest BCUT2D eigenvalue weighted by Crippen LogP contribution is -2.22. The van der Waals surface area contributed by atoms with Crippen LogP contribution in [-0.2, 0) is 6.42 Å². The Labute approximate surface area is 117 Å². The van der Waals surface area contributed by atoms with E-state index in [1.165, 1.54) is 42.7 Å². The Morgan fingerprint density at radius 1 is 1.28 bits per heavy atom. The van der Waals surface area contributed by atoms with Crippen molar-refractivity contribution in [2.24, 2.45) is 5.73 Å². The van der Waals surface area contributed by atoms with Crippen molar-refractivity contribution >= 4 is 18.1 Å². The van der Waals surface area contributed by atoms with Gasteiger partial charge in [-0.25, -0.2) is 0 Å². The molecule has 0 spiro atoms. The molecule has 2 nitrogen and oxygen atoms in total. The molecule has 1 heterocycles. The van der Waals surface area contributed by atoms with Crippen LogP contribution in [0.3, 0.4) is 0 Å². The highest BCUT2D eigenvalue weighted by molar-refractivity contribution is 5.85. The minimum atomic E-state index is 0. The summed E-state index contributed by atoms with van der Waals surface area (Å²) in [5.74, 6) is 0. The number of benzene rings is 1. The fourth-order valence-electron chi connectivity index (χ4n) is 2.51. The summed E-state index contributed by atoms with van der Waals surface area (Å²) in [6.45, 7) is 6.79. The molecule has 1 fully saturated rings. The van der Waals surface area contributed by atoms with Crippen molar-refractivity contribution in [2.45, 2.75) is 45.6 Å². The van der Waals surface area contributed by atoms with Crippen LogP contribution in [0, 0.1) is 6.92 Å². The lowest BCUT2D eigenvalue weighted by atomic mass is 9.99. The number of halogens is 1. The molecule has 0 aliphatic carbocycles. The Balaban J connectivity index is 0.00000162. The maximum atomic E-state index is 6.02. The zero-order valence-corrected chi connectivity index (χ0v) is 12.3. The number of hydrogen-bond acceptors (Lipinski definition) is 2. The lowest BCUT2D eigenvalue weighted by molar-refractivity contribution is 0.644. The maximum absolute atomic E-state index is 6.02. The van der Waals surface area contributed by atoms with Crippen molar-refractivity contribution in [2.75, 3.05) is 18.0 Å². The monoisotopic (exact) mass is 268 g/mol. The lowest BCUT2D eigenvalue weighted by Gasteiger charge is -2.20. The van der Waals surface area contributed by atoms with Crippen LogP contribution >= 0.6 is 12.4 Å². The van der Waals surface area contributed by atoms with E-state index in [1.54, 1.807) is 0 Å². The SMILES string of the molecule is CCC(N)Cc1ccc(N2CCCC2)cc1C.Cl. The van der Waals surface area contributed by atoms with Crippen LogP contribution in [0.2, 0.25) is 0 Å². The van der Waals surface area contributed by atoms with Crippen LogP contribution < -0.4 is 10.6 Å². The molecule has 1 aromatic carbocycles. The number of anilines is 1. The third kappa shape index (κ3) is 3.63. The molecule has 3 heteroatoms. The molecule has 1 aromatic rings. The Morgan fingerprint density at radius 3 is 2.50 bits per heavy atom. The summed E-state index contributed by atoms with van der Waals surface area (Å²) in [4.78, 5) is 2.48. The highest BCUT2D eigenvalue weighted by Gasteiger charge is 2.13. The molecule has 1 aliphatic heterocycles. The van der Waals surface area contributed by atoms with Gasteiger partial charge in [-0.2, -0.15) is 0 Å². The van der Waals surface area contributed by atoms with E-state index < -0.39 is 0 Å². The molecule has 102 valence electrons. The van der Waals surface area contributed by atoms with E-state index in [-0.39, 0.29) is 12.4 Å². The van der Waals surface area contributed by atoms with Gasteiger partial charge in [-0.1, -0.05) is 13.0 Å². The zero-order chi connectivity index (χ0) is 12.3. The number of aryl methyl sites for hydroxylation is 1. The number of hydrogen-bond donors (Lipinski definition) is 1. The van der Waals surface area contributed by atoms with Gasteiger partial charge in [0, 0.05) is 24.8 Å². The molecule has 2 N–H and O–H groups in total. The molecular weight excluding hydrogens is 244 g/mol. The van der Waals surface area contributed by atoms with Gasteiger partial charge >= 0.3 is 0 Å². The third-order valence-corrected chi connectivity index (χ3v) is 3.80. The second-order valence-corrected chi connectivity index (χ2v) is 5.18. The molecular formula is C15H25ClN2. The zero-order valence-electron chi connectivity index (χ0n) is 11.5. The quantitative estimate of drug-likeness (QED) is 0.908. The summed E-state index contributed by atoms with van der Waals surface area (Å²) in [6.07, 6.45) is 4.72. The van der Waals surface area contributed by atoms with E-state index in [0.717, 1.165) is 12.8 Å². The first-order chi connectivity index (χ1) is 8.20. The van der Waals surface area contributed by atoms with Gasteiger partial charge in [0.25, 0.3) is 0 Å². The summed E-state index contributed by atoms with van der Waals surface area (Å²) in [5.41, 5.74) is 10.2. The maximum Gasteiger partial charge on any atom is 0.0369 e. The van der Waals surface area contributed by atoms with E-state index in [1.807, 2.05) is 0 Å². The van der Waals surface area contributed by atoms with Gasteiger partial charge in [-0.3, -0.25) is 0 Å². The van der Waals surface area contributed by atoms with E-state index in [2.05, 4.69) is 36.9 Å².